The van der Waals surface area contributed by atoms with Crippen LogP contribution in [0, 0.1) is 0 Å². The highest BCUT2D eigenvalue weighted by Gasteiger charge is 2.15. The predicted molar refractivity (Wildman–Crippen MR) is 102 cm³/mol. The normalized spacial score (nSPS) is 10.8. The SMILES string of the molecule is COCCC(=O)Nc1cccc(CNC(=O)CCNC(=O)OC(C)(C)C)c1. The molecule has 0 aliphatic carbocycles. The lowest BCUT2D eigenvalue weighted by atomic mass is 10.2. The quantitative estimate of drug-likeness (QED) is 0.610. The van der Waals surface area contributed by atoms with Gasteiger partial charge in [0.2, 0.25) is 11.8 Å². The largest absolute Gasteiger partial charge is 0.444 e. The first-order valence-electron chi connectivity index (χ1n) is 8.81. The van der Waals surface area contributed by atoms with Gasteiger partial charge in [-0.25, -0.2) is 4.79 Å². The first-order chi connectivity index (χ1) is 12.7. The molecule has 1 aromatic rings. The average molecular weight is 379 g/mol. The fourth-order valence-electron chi connectivity index (χ4n) is 2.06. The fourth-order valence-corrected chi connectivity index (χ4v) is 2.06. The smallest absolute Gasteiger partial charge is 0.407 e. The van der Waals surface area contributed by atoms with Crippen molar-refractivity contribution in [2.75, 3.05) is 25.6 Å². The molecule has 8 heteroatoms. The lowest BCUT2D eigenvalue weighted by Gasteiger charge is -2.19. The molecule has 0 unspecified atom stereocenters. The Balaban J connectivity index is 2.34. The van der Waals surface area contributed by atoms with E-state index >= 15 is 0 Å². The van der Waals surface area contributed by atoms with E-state index in [1.54, 1.807) is 46.1 Å². The molecule has 0 spiro atoms. The van der Waals surface area contributed by atoms with Crippen molar-refractivity contribution in [3.05, 3.63) is 29.8 Å². The Morgan fingerprint density at radius 2 is 1.78 bits per heavy atom. The molecule has 0 aromatic heterocycles. The van der Waals surface area contributed by atoms with Gasteiger partial charge in [0.25, 0.3) is 0 Å². The second-order valence-corrected chi connectivity index (χ2v) is 6.95. The number of rotatable bonds is 9. The predicted octanol–water partition coefficient (Wildman–Crippen LogP) is 2.19. The van der Waals surface area contributed by atoms with E-state index in [0.717, 1.165) is 5.56 Å². The van der Waals surface area contributed by atoms with Gasteiger partial charge in [-0.3, -0.25) is 9.59 Å². The van der Waals surface area contributed by atoms with Crippen molar-refractivity contribution in [1.82, 2.24) is 10.6 Å². The van der Waals surface area contributed by atoms with Crippen molar-refractivity contribution in [3.8, 4) is 0 Å². The molecule has 150 valence electrons. The maximum Gasteiger partial charge on any atom is 0.407 e. The third-order valence-corrected chi connectivity index (χ3v) is 3.25. The molecule has 0 saturated carbocycles. The highest BCUT2D eigenvalue weighted by Crippen LogP contribution is 2.11. The number of nitrogens with one attached hydrogen (secondary N) is 3. The highest BCUT2D eigenvalue weighted by molar-refractivity contribution is 5.90. The van der Waals surface area contributed by atoms with Crippen LogP contribution in [-0.2, 0) is 25.6 Å². The van der Waals surface area contributed by atoms with Crippen LogP contribution in [0.2, 0.25) is 0 Å². The maximum absolute atomic E-state index is 11.9. The molecule has 27 heavy (non-hydrogen) atoms. The number of hydrogen-bond donors (Lipinski definition) is 3. The molecular formula is C19H29N3O5. The van der Waals surface area contributed by atoms with Gasteiger partial charge in [0.15, 0.2) is 0 Å². The van der Waals surface area contributed by atoms with Gasteiger partial charge < -0.3 is 25.4 Å². The molecule has 8 nitrogen and oxygen atoms in total. The standard InChI is InChI=1S/C19H29N3O5/c1-19(2,3)27-18(25)20-10-8-16(23)21-13-14-6-5-7-15(12-14)22-17(24)9-11-26-4/h5-7,12H,8-11,13H2,1-4H3,(H,20,25)(H,21,23)(H,22,24). The highest BCUT2D eigenvalue weighted by atomic mass is 16.6. The lowest BCUT2D eigenvalue weighted by Crippen LogP contribution is -2.35. The number of carbonyl (C=O) groups is 3. The third kappa shape index (κ3) is 10.9. The summed E-state index contributed by atoms with van der Waals surface area (Å²) in [4.78, 5) is 35.1. The van der Waals surface area contributed by atoms with E-state index in [4.69, 9.17) is 9.47 Å². The minimum atomic E-state index is -0.573. The van der Waals surface area contributed by atoms with Crippen molar-refractivity contribution in [2.24, 2.45) is 0 Å². The van der Waals surface area contributed by atoms with Crippen LogP contribution >= 0.6 is 0 Å². The fraction of sp³-hybridized carbons (Fsp3) is 0.526. The molecule has 1 rings (SSSR count). The van der Waals surface area contributed by atoms with Crippen LogP contribution in [0.15, 0.2) is 24.3 Å². The Morgan fingerprint density at radius 3 is 2.44 bits per heavy atom. The zero-order chi connectivity index (χ0) is 20.3. The van der Waals surface area contributed by atoms with E-state index in [0.29, 0.717) is 18.8 Å². The first kappa shape index (κ1) is 22.4. The van der Waals surface area contributed by atoms with Crippen LogP contribution in [0.1, 0.15) is 39.2 Å². The minimum Gasteiger partial charge on any atom is -0.444 e. The van der Waals surface area contributed by atoms with Crippen molar-refractivity contribution in [1.29, 1.82) is 0 Å². The zero-order valence-electron chi connectivity index (χ0n) is 16.4. The van der Waals surface area contributed by atoms with Crippen LogP contribution in [-0.4, -0.2) is 43.8 Å². The summed E-state index contributed by atoms with van der Waals surface area (Å²) in [6, 6.07) is 7.23. The summed E-state index contributed by atoms with van der Waals surface area (Å²) in [5.74, 6) is -0.327. The number of hydrogen-bond acceptors (Lipinski definition) is 5. The van der Waals surface area contributed by atoms with Gasteiger partial charge in [-0.15, -0.1) is 0 Å². The van der Waals surface area contributed by atoms with Crippen molar-refractivity contribution in [3.63, 3.8) is 0 Å². The van der Waals surface area contributed by atoms with Gasteiger partial charge in [0, 0.05) is 32.3 Å². The molecule has 0 heterocycles. The molecule has 0 aliphatic rings. The van der Waals surface area contributed by atoms with Gasteiger partial charge in [-0.1, -0.05) is 12.1 Å². The molecule has 0 aliphatic heterocycles. The molecule has 0 fully saturated rings. The topological polar surface area (TPSA) is 106 Å². The summed E-state index contributed by atoms with van der Waals surface area (Å²) in [5.41, 5.74) is 0.943. The number of anilines is 1. The molecule has 0 saturated heterocycles. The molecule has 0 radical (unpaired) electrons. The van der Waals surface area contributed by atoms with E-state index in [-0.39, 0.29) is 31.2 Å². The van der Waals surface area contributed by atoms with Crippen molar-refractivity contribution >= 4 is 23.6 Å². The van der Waals surface area contributed by atoms with Crippen LogP contribution in [0.5, 0.6) is 0 Å². The van der Waals surface area contributed by atoms with Crippen LogP contribution in [0.4, 0.5) is 10.5 Å². The molecular weight excluding hydrogens is 350 g/mol. The van der Waals surface area contributed by atoms with Gasteiger partial charge in [-0.05, 0) is 38.5 Å². The molecule has 0 bridgehead atoms. The van der Waals surface area contributed by atoms with Crippen LogP contribution < -0.4 is 16.0 Å². The summed E-state index contributed by atoms with van der Waals surface area (Å²) in [6.45, 7) is 6.19. The van der Waals surface area contributed by atoms with Crippen molar-refractivity contribution < 1.29 is 23.9 Å². The molecule has 3 N–H and O–H groups in total. The Morgan fingerprint density at radius 1 is 1.04 bits per heavy atom. The summed E-state index contributed by atoms with van der Waals surface area (Å²) in [6.07, 6.45) is -0.123. The van der Waals surface area contributed by atoms with Crippen molar-refractivity contribution in [2.45, 2.75) is 45.8 Å². The number of methoxy groups -OCH3 is 1. The molecule has 3 amide bonds. The van der Waals surface area contributed by atoms with Crippen LogP contribution in [0.25, 0.3) is 0 Å². The summed E-state index contributed by atoms with van der Waals surface area (Å²) in [5, 5.41) is 8.09. The summed E-state index contributed by atoms with van der Waals surface area (Å²) >= 11 is 0. The molecule has 0 atom stereocenters. The number of alkyl carbamates (subject to hydrolysis) is 1. The Kier molecular flexibility index (Phi) is 9.29. The van der Waals surface area contributed by atoms with Crippen LogP contribution in [0.3, 0.4) is 0 Å². The summed E-state index contributed by atoms with van der Waals surface area (Å²) in [7, 11) is 1.54. The number of amides is 3. The number of benzene rings is 1. The maximum atomic E-state index is 11.9. The second kappa shape index (κ2) is 11.2. The number of carbonyl (C=O) groups excluding carboxylic acids is 3. The lowest BCUT2D eigenvalue weighted by molar-refractivity contribution is -0.121. The average Bonchev–Trinajstić information content (AvgIpc) is 2.57. The molecule has 1 aromatic carbocycles. The third-order valence-electron chi connectivity index (χ3n) is 3.25. The monoisotopic (exact) mass is 379 g/mol. The van der Waals surface area contributed by atoms with E-state index in [1.165, 1.54) is 0 Å². The minimum absolute atomic E-state index is 0.133. The Hall–Kier alpha value is -2.61. The Bertz CT molecular complexity index is 640. The number of ether oxygens (including phenoxy) is 2. The van der Waals surface area contributed by atoms with Gasteiger partial charge >= 0.3 is 6.09 Å². The van der Waals surface area contributed by atoms with E-state index in [9.17, 15) is 14.4 Å². The zero-order valence-corrected chi connectivity index (χ0v) is 16.4. The van der Waals surface area contributed by atoms with Gasteiger partial charge in [0.05, 0.1) is 13.0 Å². The van der Waals surface area contributed by atoms with E-state index in [1.807, 2.05) is 6.07 Å². The second-order valence-electron chi connectivity index (χ2n) is 6.95. The van der Waals surface area contributed by atoms with E-state index in [2.05, 4.69) is 16.0 Å². The Labute approximate surface area is 160 Å². The van der Waals surface area contributed by atoms with E-state index < -0.39 is 11.7 Å². The summed E-state index contributed by atoms with van der Waals surface area (Å²) < 4.78 is 9.96. The first-order valence-corrected chi connectivity index (χ1v) is 8.81. The van der Waals surface area contributed by atoms with Gasteiger partial charge in [0.1, 0.15) is 5.60 Å². The van der Waals surface area contributed by atoms with Gasteiger partial charge in [-0.2, -0.15) is 0 Å².